The third kappa shape index (κ3) is 5.76. The molecular weight excluding hydrogens is 248 g/mol. The number of aromatic nitrogens is 2. The van der Waals surface area contributed by atoms with Crippen molar-refractivity contribution < 1.29 is 0 Å². The van der Waals surface area contributed by atoms with E-state index in [-0.39, 0.29) is 0 Å². The van der Waals surface area contributed by atoms with Gasteiger partial charge in [-0.25, -0.2) is 9.97 Å². The molecule has 0 saturated heterocycles. The molecule has 0 atom stereocenters. The van der Waals surface area contributed by atoms with Crippen LogP contribution < -0.4 is 10.6 Å². The Morgan fingerprint density at radius 3 is 2.05 bits per heavy atom. The van der Waals surface area contributed by atoms with Gasteiger partial charge in [0.1, 0.15) is 17.5 Å². The number of nitrogen functional groups attached to an aromatic ring is 1. The Kier molecular flexibility index (Phi) is 6.76. The summed E-state index contributed by atoms with van der Waals surface area (Å²) in [4.78, 5) is 11.3. The van der Waals surface area contributed by atoms with E-state index in [2.05, 4.69) is 49.5 Å². The van der Waals surface area contributed by atoms with E-state index in [0.29, 0.717) is 17.7 Å². The van der Waals surface area contributed by atoms with Crippen molar-refractivity contribution in [3.05, 3.63) is 11.9 Å². The lowest BCUT2D eigenvalue weighted by atomic mass is 10.1. The van der Waals surface area contributed by atoms with Gasteiger partial charge in [0.15, 0.2) is 0 Å². The van der Waals surface area contributed by atoms with Crippen LogP contribution in [0.2, 0.25) is 0 Å². The van der Waals surface area contributed by atoms with Crippen molar-refractivity contribution in [2.75, 3.05) is 23.7 Å². The van der Waals surface area contributed by atoms with Crippen LogP contribution in [0.1, 0.15) is 53.3 Å². The highest BCUT2D eigenvalue weighted by atomic mass is 15.2. The van der Waals surface area contributed by atoms with Crippen molar-refractivity contribution in [1.82, 2.24) is 9.97 Å². The molecular formula is C16H30N4. The molecule has 1 aromatic heterocycles. The van der Waals surface area contributed by atoms with E-state index in [1.54, 1.807) is 0 Å². The summed E-state index contributed by atoms with van der Waals surface area (Å²) in [6.07, 6.45) is 3.16. The molecule has 4 nitrogen and oxygen atoms in total. The number of nitrogens with zero attached hydrogens (tertiary/aromatic N) is 3. The van der Waals surface area contributed by atoms with E-state index < -0.39 is 0 Å². The smallest absolute Gasteiger partial charge is 0.134 e. The first kappa shape index (κ1) is 16.7. The van der Waals surface area contributed by atoms with E-state index in [1.165, 1.54) is 12.8 Å². The Bertz CT molecular complexity index is 389. The molecule has 0 aliphatic heterocycles. The topological polar surface area (TPSA) is 55.0 Å². The van der Waals surface area contributed by atoms with Gasteiger partial charge in [-0.05, 0) is 24.7 Å². The van der Waals surface area contributed by atoms with Gasteiger partial charge in [0.25, 0.3) is 0 Å². The monoisotopic (exact) mass is 278 g/mol. The second-order valence-electron chi connectivity index (χ2n) is 6.27. The molecule has 0 spiro atoms. The molecule has 0 aromatic carbocycles. The molecule has 0 unspecified atom stereocenters. The minimum atomic E-state index is 0.575. The Hall–Kier alpha value is -1.32. The Morgan fingerprint density at radius 1 is 1.05 bits per heavy atom. The minimum absolute atomic E-state index is 0.575. The summed E-state index contributed by atoms with van der Waals surface area (Å²) in [5.74, 6) is 3.78. The van der Waals surface area contributed by atoms with Crippen LogP contribution in [0.25, 0.3) is 0 Å². The summed E-state index contributed by atoms with van der Waals surface area (Å²) in [6.45, 7) is 13.1. The van der Waals surface area contributed by atoms with E-state index in [0.717, 1.165) is 31.2 Å². The van der Waals surface area contributed by atoms with Gasteiger partial charge < -0.3 is 10.6 Å². The van der Waals surface area contributed by atoms with Crippen LogP contribution in [0.3, 0.4) is 0 Å². The first-order valence-electron chi connectivity index (χ1n) is 7.80. The molecule has 0 bridgehead atoms. The molecule has 114 valence electrons. The van der Waals surface area contributed by atoms with E-state index in [1.807, 2.05) is 6.07 Å². The fourth-order valence-corrected chi connectivity index (χ4v) is 1.99. The Labute approximate surface area is 123 Å². The number of hydrogen-bond donors (Lipinski definition) is 1. The molecule has 1 rings (SSSR count). The fourth-order valence-electron chi connectivity index (χ4n) is 1.99. The van der Waals surface area contributed by atoms with Crippen LogP contribution >= 0.6 is 0 Å². The maximum absolute atomic E-state index is 5.91. The van der Waals surface area contributed by atoms with E-state index >= 15 is 0 Å². The van der Waals surface area contributed by atoms with Gasteiger partial charge >= 0.3 is 0 Å². The molecule has 20 heavy (non-hydrogen) atoms. The lowest BCUT2D eigenvalue weighted by Gasteiger charge is -2.26. The van der Waals surface area contributed by atoms with Crippen LogP contribution in [0.15, 0.2) is 6.07 Å². The van der Waals surface area contributed by atoms with Crippen molar-refractivity contribution in [1.29, 1.82) is 0 Å². The molecule has 0 saturated carbocycles. The standard InChI is InChI=1S/C16H30N4/c1-6-15-18-14(17)11-16(19-15)20(9-7-12(2)3)10-8-13(4)5/h11-13H,6-10H2,1-5H3,(H2,17,18,19). The maximum Gasteiger partial charge on any atom is 0.134 e. The van der Waals surface area contributed by atoms with Crippen molar-refractivity contribution in [2.45, 2.75) is 53.9 Å². The summed E-state index contributed by atoms with van der Waals surface area (Å²) < 4.78 is 0. The van der Waals surface area contributed by atoms with Gasteiger partial charge in [0.05, 0.1) is 0 Å². The summed E-state index contributed by atoms with van der Waals surface area (Å²) in [6, 6.07) is 1.90. The van der Waals surface area contributed by atoms with Crippen LogP contribution in [-0.4, -0.2) is 23.1 Å². The largest absolute Gasteiger partial charge is 0.384 e. The first-order chi connectivity index (χ1) is 9.42. The van der Waals surface area contributed by atoms with Crippen LogP contribution in [-0.2, 0) is 6.42 Å². The summed E-state index contributed by atoms with van der Waals surface area (Å²) in [5.41, 5.74) is 5.91. The number of anilines is 2. The average Bonchev–Trinajstić information content (AvgIpc) is 2.37. The predicted molar refractivity (Wildman–Crippen MR) is 86.9 cm³/mol. The third-order valence-electron chi connectivity index (χ3n) is 3.37. The normalized spacial score (nSPS) is 11.3. The highest BCUT2D eigenvalue weighted by Gasteiger charge is 2.12. The Morgan fingerprint density at radius 2 is 1.60 bits per heavy atom. The van der Waals surface area contributed by atoms with Crippen LogP contribution in [0.5, 0.6) is 0 Å². The number of nitrogens with two attached hydrogens (primary N) is 1. The van der Waals surface area contributed by atoms with Crippen molar-refractivity contribution >= 4 is 11.6 Å². The fraction of sp³-hybridized carbons (Fsp3) is 0.750. The molecule has 2 N–H and O–H groups in total. The quantitative estimate of drug-likeness (QED) is 0.790. The van der Waals surface area contributed by atoms with Gasteiger partial charge in [0.2, 0.25) is 0 Å². The summed E-state index contributed by atoms with van der Waals surface area (Å²) in [5, 5.41) is 0. The highest BCUT2D eigenvalue weighted by Crippen LogP contribution is 2.17. The van der Waals surface area contributed by atoms with Crippen molar-refractivity contribution in [3.8, 4) is 0 Å². The molecule has 0 aliphatic rings. The molecule has 0 aliphatic carbocycles. The van der Waals surface area contributed by atoms with Crippen molar-refractivity contribution in [2.24, 2.45) is 11.8 Å². The summed E-state index contributed by atoms with van der Waals surface area (Å²) >= 11 is 0. The van der Waals surface area contributed by atoms with Crippen LogP contribution in [0, 0.1) is 11.8 Å². The number of hydrogen-bond acceptors (Lipinski definition) is 4. The predicted octanol–water partition coefficient (Wildman–Crippen LogP) is 3.52. The molecule has 0 amide bonds. The highest BCUT2D eigenvalue weighted by molar-refractivity contribution is 5.47. The molecule has 1 aromatic rings. The second kappa shape index (κ2) is 8.08. The van der Waals surface area contributed by atoms with Gasteiger partial charge in [-0.15, -0.1) is 0 Å². The van der Waals surface area contributed by atoms with E-state index in [4.69, 9.17) is 5.73 Å². The van der Waals surface area contributed by atoms with Crippen LogP contribution in [0.4, 0.5) is 11.6 Å². The Balaban J connectivity index is 2.86. The third-order valence-corrected chi connectivity index (χ3v) is 3.37. The first-order valence-corrected chi connectivity index (χ1v) is 7.80. The average molecular weight is 278 g/mol. The number of rotatable bonds is 8. The van der Waals surface area contributed by atoms with Crippen molar-refractivity contribution in [3.63, 3.8) is 0 Å². The van der Waals surface area contributed by atoms with Gasteiger partial charge in [-0.3, -0.25) is 0 Å². The zero-order chi connectivity index (χ0) is 15.1. The van der Waals surface area contributed by atoms with Gasteiger partial charge in [0, 0.05) is 25.6 Å². The molecule has 1 heterocycles. The molecule has 0 fully saturated rings. The number of aryl methyl sites for hydroxylation is 1. The molecule has 0 radical (unpaired) electrons. The minimum Gasteiger partial charge on any atom is -0.384 e. The van der Waals surface area contributed by atoms with Gasteiger partial charge in [-0.2, -0.15) is 0 Å². The lowest BCUT2D eigenvalue weighted by Crippen LogP contribution is -2.29. The summed E-state index contributed by atoms with van der Waals surface area (Å²) in [7, 11) is 0. The zero-order valence-corrected chi connectivity index (χ0v) is 13.7. The lowest BCUT2D eigenvalue weighted by molar-refractivity contribution is 0.532. The van der Waals surface area contributed by atoms with E-state index in [9.17, 15) is 0 Å². The maximum atomic E-state index is 5.91. The zero-order valence-electron chi connectivity index (χ0n) is 13.7. The SMILES string of the molecule is CCc1nc(N)cc(N(CCC(C)C)CCC(C)C)n1. The molecule has 4 heteroatoms. The second-order valence-corrected chi connectivity index (χ2v) is 6.27. The van der Waals surface area contributed by atoms with Gasteiger partial charge in [-0.1, -0.05) is 34.6 Å².